The molecule has 1 atom stereocenters. The van der Waals surface area contributed by atoms with E-state index in [1.165, 1.54) is 0 Å². The summed E-state index contributed by atoms with van der Waals surface area (Å²) in [5.74, 6) is 0.357. The van der Waals surface area contributed by atoms with Crippen molar-refractivity contribution in [2.75, 3.05) is 0 Å². The van der Waals surface area contributed by atoms with E-state index < -0.39 is 5.92 Å². The highest BCUT2D eigenvalue weighted by molar-refractivity contribution is 5.99. The molecule has 0 spiro atoms. The number of fused-ring (bicyclic) bond motifs is 1. The smallest absolute Gasteiger partial charge is 0.205 e. The standard InChI is InChI=1S/C20H16N2O2/c21-11-15-18(14-9-8-12-4-1-2-5-13(12)10-14)19-16(23)6-3-7-17(19)24-20(15)22/h1-2,4-5,8-10,18H,3,6-7,22H2/t18-/m0/s1. The number of hydrogen-bond acceptors (Lipinski definition) is 4. The Kier molecular flexibility index (Phi) is 3.35. The van der Waals surface area contributed by atoms with Crippen LogP contribution >= 0.6 is 0 Å². The summed E-state index contributed by atoms with van der Waals surface area (Å²) in [4.78, 5) is 12.5. The highest BCUT2D eigenvalue weighted by Crippen LogP contribution is 2.43. The minimum atomic E-state index is -0.434. The summed E-state index contributed by atoms with van der Waals surface area (Å²) in [6.07, 6.45) is 1.94. The molecule has 2 aromatic carbocycles. The molecular formula is C20H16N2O2. The van der Waals surface area contributed by atoms with Gasteiger partial charge < -0.3 is 10.5 Å². The number of carbonyl (C=O) groups excluding carboxylic acids is 1. The van der Waals surface area contributed by atoms with Gasteiger partial charge in [-0.25, -0.2) is 0 Å². The first-order valence-electron chi connectivity index (χ1n) is 8.01. The lowest BCUT2D eigenvalue weighted by atomic mass is 9.77. The minimum absolute atomic E-state index is 0.0506. The fourth-order valence-electron chi connectivity index (χ4n) is 3.58. The van der Waals surface area contributed by atoms with Crippen molar-refractivity contribution < 1.29 is 9.53 Å². The minimum Gasteiger partial charge on any atom is -0.444 e. The number of nitrogens with two attached hydrogens (primary N) is 1. The van der Waals surface area contributed by atoms with Gasteiger partial charge in [0.1, 0.15) is 17.4 Å². The Bertz CT molecular complexity index is 963. The van der Waals surface area contributed by atoms with Gasteiger partial charge in [0.2, 0.25) is 5.88 Å². The molecular weight excluding hydrogens is 300 g/mol. The largest absolute Gasteiger partial charge is 0.444 e. The van der Waals surface area contributed by atoms with Crippen LogP contribution < -0.4 is 5.73 Å². The first-order valence-corrected chi connectivity index (χ1v) is 8.01. The maximum absolute atomic E-state index is 12.5. The van der Waals surface area contributed by atoms with E-state index in [1.54, 1.807) is 0 Å². The molecule has 0 saturated heterocycles. The summed E-state index contributed by atoms with van der Waals surface area (Å²) in [6, 6.07) is 16.2. The number of nitriles is 1. The van der Waals surface area contributed by atoms with E-state index in [-0.39, 0.29) is 11.7 Å². The van der Waals surface area contributed by atoms with Crippen LogP contribution in [0.2, 0.25) is 0 Å². The summed E-state index contributed by atoms with van der Waals surface area (Å²) in [7, 11) is 0. The van der Waals surface area contributed by atoms with Crippen LogP contribution in [-0.4, -0.2) is 5.78 Å². The maximum Gasteiger partial charge on any atom is 0.205 e. The van der Waals surface area contributed by atoms with E-state index in [0.717, 1.165) is 22.8 Å². The Morgan fingerprint density at radius 3 is 2.71 bits per heavy atom. The third-order valence-corrected chi connectivity index (χ3v) is 4.71. The SMILES string of the molecule is N#CC1=C(N)OC2=C(C(=O)CCC2)[C@H]1c1ccc2ccccc2c1. The van der Waals surface area contributed by atoms with Gasteiger partial charge in [-0.15, -0.1) is 0 Å². The van der Waals surface area contributed by atoms with Crippen LogP contribution in [0.4, 0.5) is 0 Å². The average molecular weight is 316 g/mol. The second-order valence-electron chi connectivity index (χ2n) is 6.14. The van der Waals surface area contributed by atoms with E-state index in [0.29, 0.717) is 29.7 Å². The molecule has 4 heteroatoms. The van der Waals surface area contributed by atoms with E-state index in [1.807, 2.05) is 42.5 Å². The number of rotatable bonds is 1. The molecule has 0 radical (unpaired) electrons. The van der Waals surface area contributed by atoms with Crippen molar-refractivity contribution in [1.82, 2.24) is 0 Å². The number of Topliss-reactive ketones (excluding diaryl/α,β-unsaturated/α-hetero) is 1. The van der Waals surface area contributed by atoms with E-state index in [2.05, 4.69) is 6.07 Å². The average Bonchev–Trinajstić information content (AvgIpc) is 2.60. The van der Waals surface area contributed by atoms with Gasteiger partial charge in [0, 0.05) is 18.4 Å². The third kappa shape index (κ3) is 2.17. The van der Waals surface area contributed by atoms with Crippen LogP contribution in [0, 0.1) is 11.3 Å². The van der Waals surface area contributed by atoms with Crippen molar-refractivity contribution in [3.05, 3.63) is 70.8 Å². The van der Waals surface area contributed by atoms with Crippen molar-refractivity contribution in [1.29, 1.82) is 5.26 Å². The quantitative estimate of drug-likeness (QED) is 0.871. The molecule has 0 unspecified atom stereocenters. The number of carbonyl (C=O) groups is 1. The Morgan fingerprint density at radius 2 is 1.92 bits per heavy atom. The van der Waals surface area contributed by atoms with E-state index in [4.69, 9.17) is 10.5 Å². The summed E-state index contributed by atoms with van der Waals surface area (Å²) < 4.78 is 5.60. The first-order chi connectivity index (χ1) is 11.7. The molecule has 24 heavy (non-hydrogen) atoms. The lowest BCUT2D eigenvalue weighted by molar-refractivity contribution is -0.116. The zero-order chi connectivity index (χ0) is 16.7. The molecule has 0 aromatic heterocycles. The summed E-state index contributed by atoms with van der Waals surface area (Å²) >= 11 is 0. The topological polar surface area (TPSA) is 76.1 Å². The molecule has 118 valence electrons. The van der Waals surface area contributed by atoms with Gasteiger partial charge in [-0.05, 0) is 22.8 Å². The van der Waals surface area contributed by atoms with Crippen molar-refractivity contribution in [3.63, 3.8) is 0 Å². The maximum atomic E-state index is 12.5. The van der Waals surface area contributed by atoms with Gasteiger partial charge in [0.25, 0.3) is 0 Å². The molecule has 2 N–H and O–H groups in total. The zero-order valence-corrected chi connectivity index (χ0v) is 13.1. The van der Waals surface area contributed by atoms with Gasteiger partial charge in [0.05, 0.1) is 5.92 Å². The molecule has 0 amide bonds. The number of hydrogen-bond donors (Lipinski definition) is 1. The van der Waals surface area contributed by atoms with E-state index in [9.17, 15) is 10.1 Å². The van der Waals surface area contributed by atoms with Crippen LogP contribution in [0.25, 0.3) is 10.8 Å². The number of nitrogens with zero attached hydrogens (tertiary/aromatic N) is 1. The van der Waals surface area contributed by atoms with E-state index >= 15 is 0 Å². The molecule has 4 nitrogen and oxygen atoms in total. The lowest BCUT2D eigenvalue weighted by Crippen LogP contribution is -2.27. The summed E-state index contributed by atoms with van der Waals surface area (Å²) in [6.45, 7) is 0. The Balaban J connectivity index is 1.93. The Morgan fingerprint density at radius 1 is 1.12 bits per heavy atom. The predicted molar refractivity (Wildman–Crippen MR) is 90.5 cm³/mol. The monoisotopic (exact) mass is 316 g/mol. The summed E-state index contributed by atoms with van der Waals surface area (Å²) in [5.41, 5.74) is 7.79. The molecule has 0 fully saturated rings. The van der Waals surface area contributed by atoms with Crippen molar-refractivity contribution in [2.45, 2.75) is 25.2 Å². The second kappa shape index (κ2) is 5.54. The van der Waals surface area contributed by atoms with Crippen LogP contribution in [0.1, 0.15) is 30.7 Å². The fraction of sp³-hybridized carbons (Fsp3) is 0.200. The molecule has 1 heterocycles. The van der Waals surface area contributed by atoms with Gasteiger partial charge in [-0.1, -0.05) is 42.5 Å². The summed E-state index contributed by atoms with van der Waals surface area (Å²) in [5, 5.41) is 11.8. The number of benzene rings is 2. The Labute approximate surface area is 139 Å². The van der Waals surface area contributed by atoms with Crippen LogP contribution in [-0.2, 0) is 9.53 Å². The second-order valence-corrected chi connectivity index (χ2v) is 6.14. The highest BCUT2D eigenvalue weighted by Gasteiger charge is 2.37. The molecule has 0 bridgehead atoms. The molecule has 1 aliphatic carbocycles. The van der Waals surface area contributed by atoms with Crippen molar-refractivity contribution >= 4 is 16.6 Å². The highest BCUT2D eigenvalue weighted by atomic mass is 16.5. The van der Waals surface area contributed by atoms with Gasteiger partial charge in [-0.2, -0.15) is 5.26 Å². The van der Waals surface area contributed by atoms with Crippen LogP contribution in [0.3, 0.4) is 0 Å². The molecule has 2 aliphatic rings. The number of allylic oxidation sites excluding steroid dienone is 3. The Hall–Kier alpha value is -3.06. The molecule has 2 aromatic rings. The van der Waals surface area contributed by atoms with Crippen LogP contribution in [0.15, 0.2) is 65.3 Å². The van der Waals surface area contributed by atoms with Gasteiger partial charge in [-0.3, -0.25) is 4.79 Å². The molecule has 0 saturated carbocycles. The lowest BCUT2D eigenvalue weighted by Gasteiger charge is -2.31. The molecule has 1 aliphatic heterocycles. The zero-order valence-electron chi connectivity index (χ0n) is 13.1. The fourth-order valence-corrected chi connectivity index (χ4v) is 3.58. The van der Waals surface area contributed by atoms with Gasteiger partial charge in [0.15, 0.2) is 5.78 Å². The first kappa shape index (κ1) is 14.5. The van der Waals surface area contributed by atoms with Gasteiger partial charge >= 0.3 is 0 Å². The number of ether oxygens (including phenoxy) is 1. The third-order valence-electron chi connectivity index (χ3n) is 4.71. The van der Waals surface area contributed by atoms with Crippen molar-refractivity contribution in [3.8, 4) is 6.07 Å². The number of ketones is 1. The predicted octanol–water partition coefficient (Wildman–Crippen LogP) is 3.65. The van der Waals surface area contributed by atoms with Crippen LogP contribution in [0.5, 0.6) is 0 Å². The normalized spacial score (nSPS) is 20.6. The van der Waals surface area contributed by atoms with Crippen molar-refractivity contribution in [2.24, 2.45) is 5.73 Å². The molecule has 4 rings (SSSR count).